The van der Waals surface area contributed by atoms with Gasteiger partial charge in [0.2, 0.25) is 5.91 Å². The fraction of sp³-hybridized carbons (Fsp3) is 0.667. The molecule has 1 saturated heterocycles. The molecule has 3 rings (SSSR count). The van der Waals surface area contributed by atoms with Crippen LogP contribution in [0.15, 0.2) is 30.3 Å². The third kappa shape index (κ3) is 4.57. The number of rotatable bonds is 7. The second kappa shape index (κ2) is 9.05. The smallest absolute Gasteiger partial charge is 0.233 e. The summed E-state index contributed by atoms with van der Waals surface area (Å²) in [4.78, 5) is 15.5. The van der Waals surface area contributed by atoms with E-state index < -0.39 is 0 Å². The molecular formula is C21H33ClN2O. The van der Waals surface area contributed by atoms with Gasteiger partial charge < -0.3 is 10.2 Å². The Labute approximate surface area is 159 Å². The molecule has 0 unspecified atom stereocenters. The van der Waals surface area contributed by atoms with Gasteiger partial charge in [0.05, 0.1) is 5.41 Å². The van der Waals surface area contributed by atoms with Gasteiger partial charge >= 0.3 is 0 Å². The molecule has 0 spiro atoms. The van der Waals surface area contributed by atoms with Gasteiger partial charge in [-0.05, 0) is 56.6 Å². The lowest BCUT2D eigenvalue weighted by molar-refractivity contribution is -0.139. The molecular weight excluding hydrogens is 332 g/mol. The maximum atomic E-state index is 13.4. The molecule has 2 aliphatic rings. The molecule has 1 aliphatic carbocycles. The third-order valence-electron chi connectivity index (χ3n) is 6.12. The van der Waals surface area contributed by atoms with Crippen molar-refractivity contribution >= 4 is 18.3 Å². The van der Waals surface area contributed by atoms with E-state index in [0.29, 0.717) is 11.9 Å². The molecule has 1 aliphatic heterocycles. The molecule has 0 atom stereocenters. The van der Waals surface area contributed by atoms with Gasteiger partial charge in [0.25, 0.3) is 0 Å². The van der Waals surface area contributed by atoms with Gasteiger partial charge in [-0.25, -0.2) is 0 Å². The molecule has 1 aromatic carbocycles. The summed E-state index contributed by atoms with van der Waals surface area (Å²) in [6, 6.07) is 11.0. The average Bonchev–Trinajstić information content (AvgIpc) is 3.47. The van der Waals surface area contributed by atoms with Gasteiger partial charge in [-0.2, -0.15) is 0 Å². The molecule has 1 amide bonds. The van der Waals surface area contributed by atoms with Crippen molar-refractivity contribution in [1.82, 2.24) is 10.2 Å². The van der Waals surface area contributed by atoms with Crippen molar-refractivity contribution in [2.24, 2.45) is 5.92 Å². The second-order valence-corrected chi connectivity index (χ2v) is 7.57. The molecule has 1 N–H and O–H groups in total. The van der Waals surface area contributed by atoms with Crippen LogP contribution in [0, 0.1) is 5.92 Å². The van der Waals surface area contributed by atoms with Crippen LogP contribution in [0.1, 0.15) is 57.9 Å². The summed E-state index contributed by atoms with van der Waals surface area (Å²) in [6.45, 7) is 7.28. The number of hydrogen-bond donors (Lipinski definition) is 1. The topological polar surface area (TPSA) is 32.3 Å². The van der Waals surface area contributed by atoms with Gasteiger partial charge in [0, 0.05) is 19.1 Å². The van der Waals surface area contributed by atoms with E-state index in [1.807, 2.05) is 6.07 Å². The normalized spacial score (nSPS) is 18.7. The maximum absolute atomic E-state index is 13.4. The van der Waals surface area contributed by atoms with Gasteiger partial charge in [0.1, 0.15) is 0 Å². The number of nitrogens with one attached hydrogen (secondary N) is 1. The molecule has 0 aromatic heterocycles. The fourth-order valence-electron chi connectivity index (χ4n) is 4.09. The molecule has 25 heavy (non-hydrogen) atoms. The third-order valence-corrected chi connectivity index (χ3v) is 6.12. The summed E-state index contributed by atoms with van der Waals surface area (Å²) in [6.07, 6.45) is 6.72. The fourth-order valence-corrected chi connectivity index (χ4v) is 4.09. The minimum absolute atomic E-state index is 0. The summed E-state index contributed by atoms with van der Waals surface area (Å²) in [5, 5.41) is 3.70. The maximum Gasteiger partial charge on any atom is 0.233 e. The lowest BCUT2D eigenvalue weighted by Crippen LogP contribution is -2.51. The number of amides is 1. The van der Waals surface area contributed by atoms with Crippen LogP contribution < -0.4 is 5.32 Å². The summed E-state index contributed by atoms with van der Waals surface area (Å²) >= 11 is 0. The highest BCUT2D eigenvalue weighted by Gasteiger charge is 2.40. The molecule has 1 saturated carbocycles. The number of carbonyl (C=O) groups is 1. The van der Waals surface area contributed by atoms with Crippen LogP contribution in [0.3, 0.4) is 0 Å². The van der Waals surface area contributed by atoms with Crippen molar-refractivity contribution in [3.05, 3.63) is 35.9 Å². The van der Waals surface area contributed by atoms with E-state index in [-0.39, 0.29) is 17.8 Å². The zero-order valence-electron chi connectivity index (χ0n) is 15.7. The van der Waals surface area contributed by atoms with Crippen LogP contribution in [-0.2, 0) is 10.2 Å². The zero-order valence-corrected chi connectivity index (χ0v) is 16.5. The summed E-state index contributed by atoms with van der Waals surface area (Å²) in [5.74, 6) is 1.26. The lowest BCUT2D eigenvalue weighted by atomic mass is 9.74. The van der Waals surface area contributed by atoms with Crippen LogP contribution in [0.4, 0.5) is 0 Å². The first-order valence-electron chi connectivity index (χ1n) is 9.78. The van der Waals surface area contributed by atoms with Crippen molar-refractivity contribution in [3.8, 4) is 0 Å². The van der Waals surface area contributed by atoms with E-state index in [4.69, 9.17) is 0 Å². The Morgan fingerprint density at radius 3 is 2.20 bits per heavy atom. The first kappa shape index (κ1) is 20.3. The van der Waals surface area contributed by atoms with Gasteiger partial charge in [-0.15, -0.1) is 12.4 Å². The van der Waals surface area contributed by atoms with E-state index in [2.05, 4.69) is 48.3 Å². The largest absolute Gasteiger partial charge is 0.342 e. The molecule has 140 valence electrons. The van der Waals surface area contributed by atoms with E-state index in [9.17, 15) is 4.79 Å². The van der Waals surface area contributed by atoms with Gasteiger partial charge in [0.15, 0.2) is 0 Å². The number of benzene rings is 1. The van der Waals surface area contributed by atoms with Crippen LogP contribution in [0.2, 0.25) is 0 Å². The summed E-state index contributed by atoms with van der Waals surface area (Å²) in [5.41, 5.74) is 0.823. The molecule has 1 aromatic rings. The van der Waals surface area contributed by atoms with Crippen molar-refractivity contribution in [2.45, 2.75) is 63.8 Å². The van der Waals surface area contributed by atoms with E-state index in [1.165, 1.54) is 24.9 Å². The van der Waals surface area contributed by atoms with Crippen molar-refractivity contribution < 1.29 is 4.79 Å². The first-order valence-corrected chi connectivity index (χ1v) is 9.78. The van der Waals surface area contributed by atoms with Gasteiger partial charge in [-0.1, -0.05) is 44.2 Å². The number of hydrogen-bond acceptors (Lipinski definition) is 2. The van der Waals surface area contributed by atoms with Crippen LogP contribution in [0.5, 0.6) is 0 Å². The predicted molar refractivity (Wildman–Crippen MR) is 106 cm³/mol. The highest BCUT2D eigenvalue weighted by Crippen LogP contribution is 2.35. The van der Waals surface area contributed by atoms with Crippen molar-refractivity contribution in [2.75, 3.05) is 19.6 Å². The number of piperidine rings is 1. The number of halogens is 1. The number of likely N-dealkylation sites (tertiary alicyclic amines) is 1. The SMILES string of the molecule is CCC(CC)(C(=O)N1CCC(NCC2CC2)CC1)c1ccccc1.Cl. The number of nitrogens with zero attached hydrogens (tertiary/aromatic N) is 1. The summed E-state index contributed by atoms with van der Waals surface area (Å²) < 4.78 is 0. The van der Waals surface area contributed by atoms with Crippen LogP contribution in [0.25, 0.3) is 0 Å². The number of carbonyl (C=O) groups excluding carboxylic acids is 1. The lowest BCUT2D eigenvalue weighted by Gasteiger charge is -2.40. The van der Waals surface area contributed by atoms with E-state index in [0.717, 1.165) is 44.7 Å². The summed E-state index contributed by atoms with van der Waals surface area (Å²) in [7, 11) is 0. The molecule has 0 radical (unpaired) electrons. The van der Waals surface area contributed by atoms with Gasteiger partial charge in [-0.3, -0.25) is 4.79 Å². The van der Waals surface area contributed by atoms with Crippen molar-refractivity contribution in [1.29, 1.82) is 0 Å². The van der Waals surface area contributed by atoms with Crippen LogP contribution in [-0.4, -0.2) is 36.5 Å². The van der Waals surface area contributed by atoms with E-state index in [1.54, 1.807) is 0 Å². The molecule has 0 bridgehead atoms. The predicted octanol–water partition coefficient (Wildman–Crippen LogP) is 4.16. The molecule has 2 fully saturated rings. The standard InChI is InChI=1S/C21H32N2O.ClH/c1-3-21(4-2,18-8-6-5-7-9-18)20(24)23-14-12-19(13-15-23)22-16-17-10-11-17;/h5-9,17,19,22H,3-4,10-16H2,1-2H3;1H. The minimum Gasteiger partial charge on any atom is -0.342 e. The second-order valence-electron chi connectivity index (χ2n) is 7.57. The highest BCUT2D eigenvalue weighted by molar-refractivity contribution is 5.88. The zero-order chi connectivity index (χ0) is 17.0. The molecule has 3 nitrogen and oxygen atoms in total. The molecule has 1 heterocycles. The monoisotopic (exact) mass is 364 g/mol. The van der Waals surface area contributed by atoms with E-state index >= 15 is 0 Å². The average molecular weight is 365 g/mol. The quantitative estimate of drug-likeness (QED) is 0.788. The first-order chi connectivity index (χ1) is 11.7. The Hall–Kier alpha value is -1.06. The Kier molecular flexibility index (Phi) is 7.33. The Morgan fingerprint density at radius 1 is 1.08 bits per heavy atom. The Balaban J connectivity index is 0.00000225. The van der Waals surface area contributed by atoms with Crippen molar-refractivity contribution in [3.63, 3.8) is 0 Å². The Morgan fingerprint density at radius 2 is 1.68 bits per heavy atom. The minimum atomic E-state index is -0.352. The highest BCUT2D eigenvalue weighted by atomic mass is 35.5. The Bertz CT molecular complexity index is 532. The molecule has 4 heteroatoms. The van der Waals surface area contributed by atoms with Crippen LogP contribution >= 0.6 is 12.4 Å².